The highest BCUT2D eigenvalue weighted by atomic mass is 35.5. The predicted molar refractivity (Wildman–Crippen MR) is 135 cm³/mol. The lowest BCUT2D eigenvalue weighted by molar-refractivity contribution is -0.112. The Hall–Kier alpha value is -4.34. The first-order valence-electron chi connectivity index (χ1n) is 11.1. The van der Waals surface area contributed by atoms with E-state index in [2.05, 4.69) is 25.6 Å². The number of hydrogen-bond donors (Lipinski definition) is 3. The summed E-state index contributed by atoms with van der Waals surface area (Å²) in [7, 11) is 0. The van der Waals surface area contributed by atoms with Crippen LogP contribution in [0.4, 0.5) is 11.6 Å². The van der Waals surface area contributed by atoms with E-state index >= 15 is 0 Å². The van der Waals surface area contributed by atoms with Gasteiger partial charge in [0.05, 0.1) is 23.6 Å². The molecule has 4 aromatic rings. The molecule has 0 saturated heterocycles. The number of aromatic nitrogens is 3. The molecule has 2 amide bonds. The minimum atomic E-state index is -0.594. The average Bonchev–Trinajstić information content (AvgIpc) is 3.49. The number of fused-ring (bicyclic) bond motifs is 1. The summed E-state index contributed by atoms with van der Waals surface area (Å²) in [6, 6.07) is 13.4. The molecule has 1 atom stereocenters. The fourth-order valence-corrected chi connectivity index (χ4v) is 4.08. The monoisotopic (exact) mass is 500 g/mol. The molecule has 3 heterocycles. The Balaban J connectivity index is 1.35. The Labute approximate surface area is 210 Å². The molecule has 9 nitrogen and oxygen atoms in total. The lowest BCUT2D eigenvalue weighted by Gasteiger charge is -2.16. The Morgan fingerprint density at radius 1 is 1.19 bits per heavy atom. The highest BCUT2D eigenvalue weighted by Crippen LogP contribution is 2.20. The molecule has 1 aliphatic heterocycles. The topological polar surface area (TPSA) is 122 Å². The van der Waals surface area contributed by atoms with E-state index in [9.17, 15) is 14.7 Å². The number of halogens is 1. The number of aryl methyl sites for hydroxylation is 1. The average molecular weight is 501 g/mol. The molecule has 0 fully saturated rings. The summed E-state index contributed by atoms with van der Waals surface area (Å²) in [5.74, 6) is 0.337. The number of aliphatic hydroxyl groups excluding tert-OH is 1. The Bertz CT molecular complexity index is 1610. The van der Waals surface area contributed by atoms with Crippen LogP contribution in [0, 0.1) is 6.92 Å². The third-order valence-electron chi connectivity index (χ3n) is 5.68. The zero-order chi connectivity index (χ0) is 25.2. The predicted octanol–water partition coefficient (Wildman–Crippen LogP) is 2.38. The van der Waals surface area contributed by atoms with Crippen LogP contribution in [-0.2, 0) is 4.79 Å². The standard InChI is InChI=1S/C26H21ClN6O3/c1-15-12-28-26(29-20-5-6-21-18(10-20)11-23(35)30-21)32-24(15)33-8-7-17(13-33)25(36)31-22(14-34)16-3-2-4-19(27)9-16/h2-13,22,34H,14H2,1H3,(H,31,36)(H,28,29,32). The zero-order valence-electron chi connectivity index (χ0n) is 19.1. The Morgan fingerprint density at radius 2 is 2.06 bits per heavy atom. The molecule has 180 valence electrons. The summed E-state index contributed by atoms with van der Waals surface area (Å²) >= 11 is 6.05. The Kier molecular flexibility index (Phi) is 6.32. The zero-order valence-corrected chi connectivity index (χ0v) is 19.9. The van der Waals surface area contributed by atoms with Crippen molar-refractivity contribution in [3.63, 3.8) is 0 Å². The largest absolute Gasteiger partial charge is 0.394 e. The van der Waals surface area contributed by atoms with Crippen LogP contribution in [0.5, 0.6) is 0 Å². The molecule has 36 heavy (non-hydrogen) atoms. The summed E-state index contributed by atoms with van der Waals surface area (Å²) in [5.41, 5.74) is 2.64. The van der Waals surface area contributed by atoms with Crippen LogP contribution in [0.25, 0.3) is 11.9 Å². The van der Waals surface area contributed by atoms with E-state index in [1.807, 2.05) is 13.0 Å². The summed E-state index contributed by atoms with van der Waals surface area (Å²) in [6.07, 6.45) is 6.56. The van der Waals surface area contributed by atoms with Gasteiger partial charge in [-0.05, 0) is 48.9 Å². The van der Waals surface area contributed by atoms with Gasteiger partial charge in [0.25, 0.3) is 11.8 Å². The molecule has 0 saturated carbocycles. The lowest BCUT2D eigenvalue weighted by atomic mass is 10.1. The van der Waals surface area contributed by atoms with Gasteiger partial charge in [-0.3, -0.25) is 9.59 Å². The number of rotatable bonds is 7. The first-order chi connectivity index (χ1) is 17.4. The number of benzene rings is 2. The van der Waals surface area contributed by atoms with Crippen molar-refractivity contribution in [1.82, 2.24) is 19.9 Å². The molecule has 0 spiro atoms. The van der Waals surface area contributed by atoms with Gasteiger partial charge < -0.3 is 20.3 Å². The van der Waals surface area contributed by atoms with Crippen LogP contribution in [-0.4, -0.2) is 38.1 Å². The maximum atomic E-state index is 12.9. The van der Waals surface area contributed by atoms with Crippen molar-refractivity contribution in [2.24, 2.45) is 4.99 Å². The van der Waals surface area contributed by atoms with Gasteiger partial charge >= 0.3 is 0 Å². The first-order valence-corrected chi connectivity index (χ1v) is 11.5. The SMILES string of the molecule is Cc1cnc(Nc2ccc3c(c2)=CC(=O)N=3)nc1-n1ccc(C(=O)NC(CO)c2cccc(Cl)c2)c1. The normalized spacial score (nSPS) is 12.9. The molecule has 1 aliphatic rings. The second kappa shape index (κ2) is 9.73. The number of nitrogens with zero attached hydrogens (tertiary/aromatic N) is 4. The van der Waals surface area contributed by atoms with Crippen molar-refractivity contribution in [2.75, 3.05) is 11.9 Å². The first kappa shape index (κ1) is 23.4. The molecule has 0 radical (unpaired) electrons. The van der Waals surface area contributed by atoms with Crippen molar-refractivity contribution in [2.45, 2.75) is 13.0 Å². The van der Waals surface area contributed by atoms with E-state index in [-0.39, 0.29) is 18.4 Å². The number of aliphatic hydroxyl groups is 1. The molecule has 3 N–H and O–H groups in total. The molecular weight excluding hydrogens is 480 g/mol. The molecule has 2 aromatic heterocycles. The summed E-state index contributed by atoms with van der Waals surface area (Å²) in [5, 5.41) is 17.7. The van der Waals surface area contributed by atoms with E-state index in [1.54, 1.807) is 65.6 Å². The van der Waals surface area contributed by atoms with Gasteiger partial charge in [0, 0.05) is 46.2 Å². The third-order valence-corrected chi connectivity index (χ3v) is 5.91. The van der Waals surface area contributed by atoms with Crippen molar-refractivity contribution in [1.29, 1.82) is 0 Å². The number of amides is 2. The second-order valence-corrected chi connectivity index (χ2v) is 8.70. The smallest absolute Gasteiger partial charge is 0.270 e. The molecule has 5 rings (SSSR count). The van der Waals surface area contributed by atoms with Crippen LogP contribution >= 0.6 is 11.6 Å². The van der Waals surface area contributed by atoms with Gasteiger partial charge in [-0.25, -0.2) is 9.98 Å². The van der Waals surface area contributed by atoms with Gasteiger partial charge in [0.15, 0.2) is 0 Å². The van der Waals surface area contributed by atoms with E-state index in [1.165, 1.54) is 6.08 Å². The maximum Gasteiger partial charge on any atom is 0.270 e. The van der Waals surface area contributed by atoms with Crippen LogP contribution in [0.15, 0.2) is 72.1 Å². The quantitative estimate of drug-likeness (QED) is 0.358. The second-order valence-electron chi connectivity index (χ2n) is 8.26. The van der Waals surface area contributed by atoms with Crippen molar-refractivity contribution < 1.29 is 14.7 Å². The van der Waals surface area contributed by atoms with Crippen LogP contribution < -0.4 is 21.2 Å². The maximum absolute atomic E-state index is 12.9. The van der Waals surface area contributed by atoms with Gasteiger partial charge in [-0.1, -0.05) is 23.7 Å². The minimum absolute atomic E-state index is 0.268. The van der Waals surface area contributed by atoms with E-state index in [0.29, 0.717) is 39.0 Å². The van der Waals surface area contributed by atoms with E-state index < -0.39 is 6.04 Å². The van der Waals surface area contributed by atoms with Crippen LogP contribution in [0.1, 0.15) is 27.5 Å². The fourth-order valence-electron chi connectivity index (χ4n) is 3.88. The minimum Gasteiger partial charge on any atom is -0.394 e. The summed E-state index contributed by atoms with van der Waals surface area (Å²) < 4.78 is 1.73. The van der Waals surface area contributed by atoms with Gasteiger partial charge in [-0.2, -0.15) is 4.98 Å². The molecule has 10 heteroatoms. The summed E-state index contributed by atoms with van der Waals surface area (Å²) in [4.78, 5) is 37.3. The summed E-state index contributed by atoms with van der Waals surface area (Å²) in [6.45, 7) is 1.60. The number of carbonyl (C=O) groups is 2. The fraction of sp³-hybridized carbons (Fsp3) is 0.115. The van der Waals surface area contributed by atoms with E-state index in [4.69, 9.17) is 11.6 Å². The number of hydrogen-bond acceptors (Lipinski definition) is 6. The van der Waals surface area contributed by atoms with Gasteiger partial charge in [0.1, 0.15) is 5.82 Å². The third kappa shape index (κ3) is 4.88. The number of anilines is 2. The van der Waals surface area contributed by atoms with Crippen LogP contribution in [0.2, 0.25) is 5.02 Å². The van der Waals surface area contributed by atoms with Crippen molar-refractivity contribution >= 4 is 41.1 Å². The Morgan fingerprint density at radius 3 is 2.86 bits per heavy atom. The van der Waals surface area contributed by atoms with E-state index in [0.717, 1.165) is 10.8 Å². The highest BCUT2D eigenvalue weighted by Gasteiger charge is 2.17. The number of nitrogens with one attached hydrogen (secondary N) is 2. The molecule has 0 bridgehead atoms. The van der Waals surface area contributed by atoms with Crippen molar-refractivity contribution in [3.8, 4) is 5.82 Å². The number of carbonyl (C=O) groups excluding carboxylic acids is 2. The van der Waals surface area contributed by atoms with Crippen molar-refractivity contribution in [3.05, 3.63) is 99.4 Å². The molecular formula is C26H21ClN6O3. The van der Waals surface area contributed by atoms with Gasteiger partial charge in [-0.15, -0.1) is 0 Å². The lowest BCUT2D eigenvalue weighted by Crippen LogP contribution is -2.30. The molecule has 0 aliphatic carbocycles. The van der Waals surface area contributed by atoms with Gasteiger partial charge in [0.2, 0.25) is 5.95 Å². The molecule has 2 aromatic carbocycles. The highest BCUT2D eigenvalue weighted by molar-refractivity contribution is 6.30. The molecule has 1 unspecified atom stereocenters. The van der Waals surface area contributed by atoms with Crippen LogP contribution in [0.3, 0.4) is 0 Å².